The van der Waals surface area contributed by atoms with E-state index >= 15 is 0 Å². The summed E-state index contributed by atoms with van der Waals surface area (Å²) < 4.78 is 31.3. The lowest BCUT2D eigenvalue weighted by atomic mass is 10.2. The Morgan fingerprint density at radius 3 is 2.65 bits per heavy atom. The van der Waals surface area contributed by atoms with Crippen LogP contribution in [-0.2, 0) is 21.4 Å². The summed E-state index contributed by atoms with van der Waals surface area (Å²) in [5, 5.41) is 12.6. The number of nitrogen functional groups attached to an aromatic ring is 1. The third kappa shape index (κ3) is 4.90. The number of esters is 1. The minimum absolute atomic E-state index is 0.00476. The van der Waals surface area contributed by atoms with Crippen LogP contribution >= 0.6 is 0 Å². The van der Waals surface area contributed by atoms with Gasteiger partial charge in [-0.3, -0.25) is 0 Å². The Hall–Kier alpha value is -3.28. The summed E-state index contributed by atoms with van der Waals surface area (Å²) in [7, 11) is -0.969. The van der Waals surface area contributed by atoms with E-state index in [4.69, 9.17) is 15.6 Å². The van der Waals surface area contributed by atoms with Crippen LogP contribution in [0.5, 0.6) is 0 Å². The fourth-order valence-corrected chi connectivity index (χ4v) is 3.76. The number of nitrogens with two attached hydrogens (primary N) is 1. The standard InChI is InChI=1S/C20H23N5O5S/c1-25(2)31(28,29)13-7-8-16(22-9-10-26)15(11-13)20(27)30-12-18-23-17-6-4-3-5-14(17)19(21)24-18/h3-8,11,22,26H,9-10,12H2,1-2H3,(H2,21,23,24). The molecule has 0 saturated heterocycles. The summed E-state index contributed by atoms with van der Waals surface area (Å²) in [6, 6.07) is 11.2. The van der Waals surface area contributed by atoms with Gasteiger partial charge in [0.25, 0.3) is 0 Å². The van der Waals surface area contributed by atoms with Gasteiger partial charge in [0, 0.05) is 31.7 Å². The van der Waals surface area contributed by atoms with Crippen LogP contribution in [0.25, 0.3) is 10.9 Å². The number of nitrogens with one attached hydrogen (secondary N) is 1. The molecule has 0 aliphatic rings. The van der Waals surface area contributed by atoms with E-state index in [1.165, 1.54) is 32.3 Å². The summed E-state index contributed by atoms with van der Waals surface area (Å²) in [5.41, 5.74) is 6.90. The molecular weight excluding hydrogens is 422 g/mol. The predicted octanol–water partition coefficient (Wildman–Crippen LogP) is 1.22. The number of rotatable bonds is 8. The molecule has 0 amide bonds. The Bertz CT molecular complexity index is 1210. The highest BCUT2D eigenvalue weighted by atomic mass is 32.2. The van der Waals surface area contributed by atoms with Crippen LogP contribution in [0.4, 0.5) is 11.5 Å². The van der Waals surface area contributed by atoms with Crippen molar-refractivity contribution in [3.05, 3.63) is 53.9 Å². The molecule has 31 heavy (non-hydrogen) atoms. The lowest BCUT2D eigenvalue weighted by molar-refractivity contribution is 0.0463. The van der Waals surface area contributed by atoms with Gasteiger partial charge in [-0.15, -0.1) is 0 Å². The number of para-hydroxylation sites is 1. The van der Waals surface area contributed by atoms with Gasteiger partial charge in [-0.1, -0.05) is 12.1 Å². The highest BCUT2D eigenvalue weighted by Crippen LogP contribution is 2.24. The smallest absolute Gasteiger partial charge is 0.340 e. The molecule has 3 rings (SSSR count). The van der Waals surface area contributed by atoms with Gasteiger partial charge in [0.2, 0.25) is 10.0 Å². The van der Waals surface area contributed by atoms with Crippen molar-refractivity contribution in [1.29, 1.82) is 0 Å². The molecule has 0 fully saturated rings. The van der Waals surface area contributed by atoms with Gasteiger partial charge in [0.15, 0.2) is 12.4 Å². The summed E-state index contributed by atoms with van der Waals surface area (Å²) in [4.78, 5) is 21.2. The van der Waals surface area contributed by atoms with Crippen molar-refractivity contribution in [1.82, 2.24) is 14.3 Å². The number of ether oxygens (including phenoxy) is 1. The minimum Gasteiger partial charge on any atom is -0.454 e. The van der Waals surface area contributed by atoms with Crippen molar-refractivity contribution in [2.75, 3.05) is 38.3 Å². The second-order valence-electron chi connectivity index (χ2n) is 6.76. The Labute approximate surface area is 179 Å². The van der Waals surface area contributed by atoms with Crippen LogP contribution in [0.2, 0.25) is 0 Å². The lowest BCUT2D eigenvalue weighted by Gasteiger charge is -2.15. The van der Waals surface area contributed by atoms with E-state index in [9.17, 15) is 13.2 Å². The van der Waals surface area contributed by atoms with Crippen LogP contribution in [0.15, 0.2) is 47.4 Å². The first-order valence-electron chi connectivity index (χ1n) is 9.33. The molecule has 11 heteroatoms. The summed E-state index contributed by atoms with van der Waals surface area (Å²) in [6.45, 7) is -0.251. The second kappa shape index (κ2) is 9.25. The van der Waals surface area contributed by atoms with E-state index in [1.807, 2.05) is 6.07 Å². The third-order valence-electron chi connectivity index (χ3n) is 4.43. The molecule has 0 aliphatic carbocycles. The number of anilines is 2. The average molecular weight is 446 g/mol. The summed E-state index contributed by atoms with van der Waals surface area (Å²) >= 11 is 0. The number of fused-ring (bicyclic) bond motifs is 1. The number of carbonyl (C=O) groups excluding carboxylic acids is 1. The Morgan fingerprint density at radius 1 is 1.19 bits per heavy atom. The van der Waals surface area contributed by atoms with E-state index in [0.29, 0.717) is 16.6 Å². The van der Waals surface area contributed by atoms with E-state index in [0.717, 1.165) is 4.31 Å². The fourth-order valence-electron chi connectivity index (χ4n) is 2.83. The van der Waals surface area contributed by atoms with Crippen molar-refractivity contribution < 1.29 is 23.1 Å². The SMILES string of the molecule is CN(C)S(=O)(=O)c1ccc(NCCO)c(C(=O)OCc2nc(N)c3ccccc3n2)c1. The van der Waals surface area contributed by atoms with Crippen molar-refractivity contribution in [3.8, 4) is 0 Å². The maximum Gasteiger partial charge on any atom is 0.340 e. The van der Waals surface area contributed by atoms with Gasteiger partial charge in [-0.25, -0.2) is 27.5 Å². The molecule has 2 aromatic carbocycles. The number of aromatic nitrogens is 2. The van der Waals surface area contributed by atoms with Crippen LogP contribution < -0.4 is 11.1 Å². The van der Waals surface area contributed by atoms with Crippen LogP contribution in [-0.4, -0.2) is 61.0 Å². The molecule has 0 unspecified atom stereocenters. The van der Waals surface area contributed by atoms with Gasteiger partial charge in [-0.05, 0) is 30.3 Å². The number of aliphatic hydroxyl groups is 1. The zero-order chi connectivity index (χ0) is 22.6. The number of sulfonamides is 1. The molecule has 10 nitrogen and oxygen atoms in total. The maximum absolute atomic E-state index is 12.8. The van der Waals surface area contributed by atoms with Crippen molar-refractivity contribution in [3.63, 3.8) is 0 Å². The Morgan fingerprint density at radius 2 is 1.94 bits per heavy atom. The number of benzene rings is 2. The molecule has 0 saturated carbocycles. The molecule has 1 aromatic heterocycles. The molecule has 0 atom stereocenters. The van der Waals surface area contributed by atoms with E-state index in [2.05, 4.69) is 15.3 Å². The number of hydrogen-bond acceptors (Lipinski definition) is 9. The molecule has 0 spiro atoms. The van der Waals surface area contributed by atoms with Gasteiger partial charge in [0.1, 0.15) is 5.82 Å². The van der Waals surface area contributed by atoms with E-state index in [-0.39, 0.29) is 41.9 Å². The average Bonchev–Trinajstić information content (AvgIpc) is 2.75. The highest BCUT2D eigenvalue weighted by Gasteiger charge is 2.22. The number of carbonyl (C=O) groups is 1. The lowest BCUT2D eigenvalue weighted by Crippen LogP contribution is -2.23. The summed E-state index contributed by atoms with van der Waals surface area (Å²) in [6.07, 6.45) is 0. The molecule has 0 radical (unpaired) electrons. The zero-order valence-electron chi connectivity index (χ0n) is 17.1. The van der Waals surface area contributed by atoms with E-state index in [1.54, 1.807) is 18.2 Å². The molecule has 164 valence electrons. The maximum atomic E-state index is 12.8. The summed E-state index contributed by atoms with van der Waals surface area (Å²) in [5.74, 6) is -0.293. The first-order valence-corrected chi connectivity index (χ1v) is 10.8. The molecule has 1 heterocycles. The van der Waals surface area contributed by atoms with Crippen molar-refractivity contribution in [2.45, 2.75) is 11.5 Å². The molecule has 0 aliphatic heterocycles. The van der Waals surface area contributed by atoms with Gasteiger partial charge in [-0.2, -0.15) is 0 Å². The van der Waals surface area contributed by atoms with Gasteiger partial charge in [0.05, 0.1) is 22.6 Å². The molecule has 4 N–H and O–H groups in total. The normalized spacial score (nSPS) is 11.6. The van der Waals surface area contributed by atoms with Crippen LogP contribution in [0.3, 0.4) is 0 Å². The molecule has 3 aromatic rings. The number of nitrogens with zero attached hydrogens (tertiary/aromatic N) is 3. The minimum atomic E-state index is -3.76. The number of aliphatic hydroxyl groups excluding tert-OH is 1. The number of hydrogen-bond donors (Lipinski definition) is 3. The first kappa shape index (κ1) is 22.4. The third-order valence-corrected chi connectivity index (χ3v) is 6.24. The van der Waals surface area contributed by atoms with Crippen LogP contribution in [0, 0.1) is 0 Å². The monoisotopic (exact) mass is 445 g/mol. The Balaban J connectivity index is 1.88. The second-order valence-corrected chi connectivity index (χ2v) is 8.92. The first-order chi connectivity index (χ1) is 14.7. The predicted molar refractivity (Wildman–Crippen MR) is 116 cm³/mol. The molecular formula is C20H23N5O5S. The zero-order valence-corrected chi connectivity index (χ0v) is 17.9. The topological polar surface area (TPSA) is 148 Å². The largest absolute Gasteiger partial charge is 0.454 e. The van der Waals surface area contributed by atoms with Gasteiger partial charge < -0.3 is 20.9 Å². The quantitative estimate of drug-likeness (QED) is 0.435. The van der Waals surface area contributed by atoms with Crippen molar-refractivity contribution in [2.24, 2.45) is 0 Å². The van der Waals surface area contributed by atoms with Gasteiger partial charge >= 0.3 is 5.97 Å². The fraction of sp³-hybridized carbons (Fsp3) is 0.250. The van der Waals surface area contributed by atoms with E-state index < -0.39 is 16.0 Å². The Kier molecular flexibility index (Phi) is 6.68. The van der Waals surface area contributed by atoms with Crippen LogP contribution in [0.1, 0.15) is 16.2 Å². The van der Waals surface area contributed by atoms with Crippen molar-refractivity contribution >= 4 is 38.4 Å². The highest BCUT2D eigenvalue weighted by molar-refractivity contribution is 7.89. The molecule has 0 bridgehead atoms.